The van der Waals surface area contributed by atoms with Crippen LogP contribution in [0.2, 0.25) is 5.02 Å². The number of halogens is 4. The highest BCUT2D eigenvalue weighted by molar-refractivity contribution is 6.30. The maximum atomic E-state index is 13.6. The Kier molecular flexibility index (Phi) is 7.42. The minimum Gasteiger partial charge on any atom is -0.340 e. The molecule has 0 radical (unpaired) electrons. The van der Waals surface area contributed by atoms with Crippen LogP contribution in [-0.2, 0) is 16.1 Å². The molecule has 2 rings (SSSR count). The summed E-state index contributed by atoms with van der Waals surface area (Å²) in [6, 6.07) is 8.70. The topological polar surface area (TPSA) is 52.7 Å². The smallest absolute Gasteiger partial charge is 0.238 e. The number of carbonyl (C=O) groups excluding carboxylic acids is 2. The van der Waals surface area contributed by atoms with Gasteiger partial charge < -0.3 is 10.2 Å². The molecule has 2 aromatic carbocycles. The van der Waals surface area contributed by atoms with Gasteiger partial charge in [-0.15, -0.1) is 0 Å². The Balaban J connectivity index is 1.85. The molecule has 0 aromatic heterocycles. The van der Waals surface area contributed by atoms with Gasteiger partial charge in [0.05, 0.1) is 18.8 Å². The number of anilines is 1. The lowest BCUT2D eigenvalue weighted by Crippen LogP contribution is -2.39. The lowest BCUT2D eigenvalue weighted by atomic mass is 10.2. The molecule has 2 aromatic rings. The minimum absolute atomic E-state index is 0.0578. The molecule has 28 heavy (non-hydrogen) atoms. The number of nitrogens with one attached hydrogen (secondary N) is 1. The van der Waals surface area contributed by atoms with Gasteiger partial charge in [0, 0.05) is 18.6 Å². The largest absolute Gasteiger partial charge is 0.340 e. The molecular formula is C19H19ClF3N3O2. The fraction of sp³-hybridized carbons (Fsp3) is 0.263. The summed E-state index contributed by atoms with van der Waals surface area (Å²) in [7, 11) is 3.16. The van der Waals surface area contributed by atoms with E-state index in [1.807, 2.05) is 0 Å². The summed E-state index contributed by atoms with van der Waals surface area (Å²) in [5.41, 5.74) is 0.429. The van der Waals surface area contributed by atoms with Crippen LogP contribution in [0.25, 0.3) is 0 Å². The number of nitrogens with zero attached hydrogens (tertiary/aromatic N) is 2. The van der Waals surface area contributed by atoms with E-state index in [0.717, 1.165) is 11.6 Å². The molecule has 9 heteroatoms. The molecule has 150 valence electrons. The Bertz CT molecular complexity index is 862. The summed E-state index contributed by atoms with van der Waals surface area (Å²) in [5.74, 6) is -5.38. The molecule has 2 amide bonds. The second-order valence-corrected chi connectivity index (χ2v) is 6.76. The van der Waals surface area contributed by atoms with Gasteiger partial charge in [-0.25, -0.2) is 13.2 Å². The first kappa shape index (κ1) is 21.7. The van der Waals surface area contributed by atoms with Gasteiger partial charge in [0.1, 0.15) is 0 Å². The van der Waals surface area contributed by atoms with E-state index < -0.39 is 29.0 Å². The molecule has 0 fully saturated rings. The molecule has 0 heterocycles. The molecule has 0 saturated carbocycles. The van der Waals surface area contributed by atoms with Crippen LogP contribution in [0.15, 0.2) is 36.4 Å². The van der Waals surface area contributed by atoms with Crippen LogP contribution < -0.4 is 5.32 Å². The average molecular weight is 414 g/mol. The number of amides is 2. The predicted octanol–water partition coefficient (Wildman–Crippen LogP) is 3.29. The number of likely N-dealkylation sites (N-methyl/N-ethyl adjacent to an activating group) is 2. The summed E-state index contributed by atoms with van der Waals surface area (Å²) >= 11 is 5.82. The molecular weight excluding hydrogens is 395 g/mol. The van der Waals surface area contributed by atoms with Crippen molar-refractivity contribution in [2.45, 2.75) is 6.54 Å². The standard InChI is InChI=1S/C19H19ClF3N3O2/c1-25(10-16(27)24-15-8-7-14(21)18(22)19(15)23)11-17(28)26(2)9-12-3-5-13(20)6-4-12/h3-8H,9-11H2,1-2H3,(H,24,27). The monoisotopic (exact) mass is 413 g/mol. The van der Waals surface area contributed by atoms with Crippen LogP contribution in [0.5, 0.6) is 0 Å². The van der Waals surface area contributed by atoms with Crippen LogP contribution in [-0.4, -0.2) is 48.8 Å². The summed E-state index contributed by atoms with van der Waals surface area (Å²) in [6.07, 6.45) is 0. The molecule has 0 aliphatic heterocycles. The third-order valence-corrected chi connectivity index (χ3v) is 4.14. The normalized spacial score (nSPS) is 10.8. The molecule has 0 aliphatic carbocycles. The van der Waals surface area contributed by atoms with Crippen molar-refractivity contribution >= 4 is 29.1 Å². The summed E-state index contributed by atoms with van der Waals surface area (Å²) < 4.78 is 39.7. The van der Waals surface area contributed by atoms with E-state index in [1.54, 1.807) is 31.3 Å². The van der Waals surface area contributed by atoms with E-state index in [4.69, 9.17) is 11.6 Å². The maximum absolute atomic E-state index is 13.6. The van der Waals surface area contributed by atoms with Gasteiger partial charge in [-0.05, 0) is 36.9 Å². The van der Waals surface area contributed by atoms with Crippen LogP contribution >= 0.6 is 11.6 Å². The molecule has 5 nitrogen and oxygen atoms in total. The van der Waals surface area contributed by atoms with E-state index in [-0.39, 0.29) is 19.0 Å². The van der Waals surface area contributed by atoms with Gasteiger partial charge >= 0.3 is 0 Å². The van der Waals surface area contributed by atoms with E-state index >= 15 is 0 Å². The first-order chi connectivity index (χ1) is 13.2. The zero-order chi connectivity index (χ0) is 20.8. The van der Waals surface area contributed by atoms with Crippen molar-refractivity contribution in [3.05, 3.63) is 64.4 Å². The number of benzene rings is 2. The molecule has 0 unspecified atom stereocenters. The highest BCUT2D eigenvalue weighted by atomic mass is 35.5. The zero-order valence-electron chi connectivity index (χ0n) is 15.3. The Morgan fingerprint density at radius 1 is 0.964 bits per heavy atom. The maximum Gasteiger partial charge on any atom is 0.238 e. The van der Waals surface area contributed by atoms with Crippen LogP contribution in [0.3, 0.4) is 0 Å². The third kappa shape index (κ3) is 5.97. The SMILES string of the molecule is CN(CC(=O)Nc1ccc(F)c(F)c1F)CC(=O)N(C)Cc1ccc(Cl)cc1. The van der Waals surface area contributed by atoms with Gasteiger partial charge in [0.15, 0.2) is 17.5 Å². The van der Waals surface area contributed by atoms with Gasteiger partial charge in [-0.2, -0.15) is 0 Å². The molecule has 0 saturated heterocycles. The fourth-order valence-electron chi connectivity index (χ4n) is 2.42. The first-order valence-electron chi connectivity index (χ1n) is 8.27. The number of rotatable bonds is 7. The van der Waals surface area contributed by atoms with E-state index in [9.17, 15) is 22.8 Å². The first-order valence-corrected chi connectivity index (χ1v) is 8.65. The molecule has 1 N–H and O–H groups in total. The highest BCUT2D eigenvalue weighted by Crippen LogP contribution is 2.19. The molecule has 0 aliphatic rings. The van der Waals surface area contributed by atoms with Gasteiger partial charge in [-0.1, -0.05) is 23.7 Å². The van der Waals surface area contributed by atoms with Crippen LogP contribution in [0, 0.1) is 17.5 Å². The van der Waals surface area contributed by atoms with Crippen molar-refractivity contribution in [3.8, 4) is 0 Å². The van der Waals surface area contributed by atoms with Crippen LogP contribution in [0.4, 0.5) is 18.9 Å². The summed E-state index contributed by atoms with van der Waals surface area (Å²) in [5, 5.41) is 2.76. The Labute approximate surface area is 165 Å². The molecule has 0 bridgehead atoms. The van der Waals surface area contributed by atoms with E-state index in [1.165, 1.54) is 16.8 Å². The third-order valence-electron chi connectivity index (χ3n) is 3.89. The van der Waals surface area contributed by atoms with Crippen molar-refractivity contribution in [3.63, 3.8) is 0 Å². The Morgan fingerprint density at radius 3 is 2.25 bits per heavy atom. The van der Waals surface area contributed by atoms with Crippen molar-refractivity contribution in [2.75, 3.05) is 32.5 Å². The second-order valence-electron chi connectivity index (χ2n) is 6.32. The summed E-state index contributed by atoms with van der Waals surface area (Å²) in [6.45, 7) is 0.0762. The number of hydrogen-bond donors (Lipinski definition) is 1. The summed E-state index contributed by atoms with van der Waals surface area (Å²) in [4.78, 5) is 27.2. The van der Waals surface area contributed by atoms with Crippen LogP contribution in [0.1, 0.15) is 5.56 Å². The quantitative estimate of drug-likeness (QED) is 0.709. The van der Waals surface area contributed by atoms with Crippen molar-refractivity contribution in [1.82, 2.24) is 9.80 Å². The van der Waals surface area contributed by atoms with Gasteiger partial charge in [0.25, 0.3) is 0 Å². The molecule has 0 spiro atoms. The average Bonchev–Trinajstić information content (AvgIpc) is 2.63. The fourth-order valence-corrected chi connectivity index (χ4v) is 2.54. The predicted molar refractivity (Wildman–Crippen MR) is 100 cm³/mol. The molecule has 0 atom stereocenters. The lowest BCUT2D eigenvalue weighted by Gasteiger charge is -2.22. The Hall–Kier alpha value is -2.58. The highest BCUT2D eigenvalue weighted by Gasteiger charge is 2.18. The van der Waals surface area contributed by atoms with E-state index in [2.05, 4.69) is 5.32 Å². The second kappa shape index (κ2) is 9.57. The number of hydrogen-bond acceptors (Lipinski definition) is 3. The van der Waals surface area contributed by atoms with Crippen molar-refractivity contribution < 1.29 is 22.8 Å². The Morgan fingerprint density at radius 2 is 1.61 bits per heavy atom. The lowest BCUT2D eigenvalue weighted by molar-refractivity contribution is -0.131. The van der Waals surface area contributed by atoms with Gasteiger partial charge in [0.2, 0.25) is 11.8 Å². The van der Waals surface area contributed by atoms with Crippen molar-refractivity contribution in [2.24, 2.45) is 0 Å². The van der Waals surface area contributed by atoms with Crippen molar-refractivity contribution in [1.29, 1.82) is 0 Å². The zero-order valence-corrected chi connectivity index (χ0v) is 16.1. The van der Waals surface area contributed by atoms with E-state index in [0.29, 0.717) is 17.6 Å². The van der Waals surface area contributed by atoms with Gasteiger partial charge in [-0.3, -0.25) is 14.5 Å². The minimum atomic E-state index is -1.66. The number of carbonyl (C=O) groups is 2.